The quantitative estimate of drug-likeness (QED) is 0.443. The summed E-state index contributed by atoms with van der Waals surface area (Å²) in [6.07, 6.45) is 13.3. The standard InChI is InChI=1S/C16H31NO/c1-4-6-7-8-9-11-15(17-14-5-2)16(18-3)12-10-13-16/h4,15,17H,1,5-14H2,2-3H3. The number of nitrogens with one attached hydrogen (secondary N) is 1. The molecule has 0 aromatic rings. The third-order valence-corrected chi connectivity index (χ3v) is 4.28. The smallest absolute Gasteiger partial charge is 0.0831 e. The Balaban J connectivity index is 2.33. The summed E-state index contributed by atoms with van der Waals surface area (Å²) < 4.78 is 5.83. The molecule has 0 aliphatic heterocycles. The summed E-state index contributed by atoms with van der Waals surface area (Å²) >= 11 is 0. The fourth-order valence-corrected chi connectivity index (χ4v) is 2.90. The van der Waals surface area contributed by atoms with E-state index in [1.54, 1.807) is 0 Å². The van der Waals surface area contributed by atoms with Crippen molar-refractivity contribution < 1.29 is 4.74 Å². The lowest BCUT2D eigenvalue weighted by Crippen LogP contribution is -2.56. The molecular formula is C16H31NO. The summed E-state index contributed by atoms with van der Waals surface area (Å²) in [6.45, 7) is 7.12. The molecule has 0 bridgehead atoms. The molecule has 1 unspecified atom stereocenters. The zero-order chi connectivity index (χ0) is 13.3. The van der Waals surface area contributed by atoms with Crippen molar-refractivity contribution in [3.8, 4) is 0 Å². The van der Waals surface area contributed by atoms with Crippen LogP contribution in [0.15, 0.2) is 12.7 Å². The highest BCUT2D eigenvalue weighted by Gasteiger charge is 2.43. The first-order valence-electron chi connectivity index (χ1n) is 7.68. The van der Waals surface area contributed by atoms with E-state index in [4.69, 9.17) is 4.74 Å². The molecule has 0 heterocycles. The van der Waals surface area contributed by atoms with Crippen molar-refractivity contribution in [3.05, 3.63) is 12.7 Å². The van der Waals surface area contributed by atoms with Gasteiger partial charge in [-0.2, -0.15) is 0 Å². The molecule has 106 valence electrons. The fourth-order valence-electron chi connectivity index (χ4n) is 2.90. The Kier molecular flexibility index (Phi) is 7.60. The summed E-state index contributed by atoms with van der Waals surface area (Å²) in [5, 5.41) is 3.71. The first-order chi connectivity index (χ1) is 8.79. The van der Waals surface area contributed by atoms with E-state index in [1.807, 2.05) is 13.2 Å². The Bertz CT molecular complexity index is 218. The molecule has 2 heteroatoms. The highest BCUT2D eigenvalue weighted by atomic mass is 16.5. The fraction of sp³-hybridized carbons (Fsp3) is 0.875. The van der Waals surface area contributed by atoms with Crippen molar-refractivity contribution in [1.82, 2.24) is 5.32 Å². The molecule has 0 spiro atoms. The highest BCUT2D eigenvalue weighted by molar-refractivity contribution is 4.99. The topological polar surface area (TPSA) is 21.3 Å². The van der Waals surface area contributed by atoms with Gasteiger partial charge in [-0.3, -0.25) is 0 Å². The molecule has 0 saturated heterocycles. The molecule has 1 aliphatic rings. The Hall–Kier alpha value is -0.340. The van der Waals surface area contributed by atoms with E-state index in [2.05, 4.69) is 18.8 Å². The zero-order valence-electron chi connectivity index (χ0n) is 12.3. The molecule has 1 atom stereocenters. The van der Waals surface area contributed by atoms with Crippen LogP contribution >= 0.6 is 0 Å². The van der Waals surface area contributed by atoms with Gasteiger partial charge in [0.2, 0.25) is 0 Å². The normalized spacial score (nSPS) is 19.2. The molecule has 0 aromatic carbocycles. The number of hydrogen-bond acceptors (Lipinski definition) is 2. The van der Waals surface area contributed by atoms with Gasteiger partial charge in [0.15, 0.2) is 0 Å². The minimum Gasteiger partial charge on any atom is -0.377 e. The van der Waals surface area contributed by atoms with Gasteiger partial charge in [0.05, 0.1) is 5.60 Å². The minimum absolute atomic E-state index is 0.146. The lowest BCUT2D eigenvalue weighted by atomic mass is 9.73. The van der Waals surface area contributed by atoms with Crippen molar-refractivity contribution >= 4 is 0 Å². The predicted octanol–water partition coefficient (Wildman–Crippen LogP) is 4.06. The van der Waals surface area contributed by atoms with Crippen LogP contribution in [0.1, 0.15) is 64.7 Å². The van der Waals surface area contributed by atoms with Gasteiger partial charge in [-0.1, -0.05) is 25.8 Å². The predicted molar refractivity (Wildman–Crippen MR) is 79.0 cm³/mol. The van der Waals surface area contributed by atoms with Gasteiger partial charge in [0, 0.05) is 13.2 Å². The van der Waals surface area contributed by atoms with E-state index >= 15 is 0 Å². The molecule has 1 saturated carbocycles. The molecular weight excluding hydrogens is 222 g/mol. The summed E-state index contributed by atoms with van der Waals surface area (Å²) in [6, 6.07) is 0.555. The summed E-state index contributed by atoms with van der Waals surface area (Å²) in [7, 11) is 1.89. The molecule has 0 radical (unpaired) electrons. The van der Waals surface area contributed by atoms with E-state index in [0.717, 1.165) is 13.0 Å². The molecule has 0 aromatic heterocycles. The number of ether oxygens (including phenoxy) is 1. The Morgan fingerprint density at radius 3 is 2.61 bits per heavy atom. The molecule has 2 nitrogen and oxygen atoms in total. The molecule has 1 fully saturated rings. The van der Waals surface area contributed by atoms with Crippen molar-refractivity contribution in [3.63, 3.8) is 0 Å². The summed E-state index contributed by atoms with van der Waals surface area (Å²) in [5.41, 5.74) is 0.146. The Morgan fingerprint density at radius 2 is 2.11 bits per heavy atom. The average molecular weight is 253 g/mol. The molecule has 1 rings (SSSR count). The molecule has 18 heavy (non-hydrogen) atoms. The average Bonchev–Trinajstić information content (AvgIpc) is 2.34. The van der Waals surface area contributed by atoms with Gasteiger partial charge in [-0.25, -0.2) is 0 Å². The molecule has 1 N–H and O–H groups in total. The van der Waals surface area contributed by atoms with Crippen LogP contribution in [0.2, 0.25) is 0 Å². The van der Waals surface area contributed by atoms with Gasteiger partial charge in [0.25, 0.3) is 0 Å². The Morgan fingerprint density at radius 1 is 1.33 bits per heavy atom. The van der Waals surface area contributed by atoms with Crippen molar-refractivity contribution in [1.29, 1.82) is 0 Å². The second kappa shape index (κ2) is 8.71. The number of unbranched alkanes of at least 4 members (excludes halogenated alkanes) is 3. The van der Waals surface area contributed by atoms with E-state index in [9.17, 15) is 0 Å². The summed E-state index contributed by atoms with van der Waals surface area (Å²) in [5.74, 6) is 0. The van der Waals surface area contributed by atoms with Gasteiger partial charge >= 0.3 is 0 Å². The van der Waals surface area contributed by atoms with Crippen molar-refractivity contribution in [2.75, 3.05) is 13.7 Å². The van der Waals surface area contributed by atoms with Gasteiger partial charge in [0.1, 0.15) is 0 Å². The van der Waals surface area contributed by atoms with E-state index in [1.165, 1.54) is 51.4 Å². The van der Waals surface area contributed by atoms with Crippen LogP contribution in [-0.2, 0) is 4.74 Å². The van der Waals surface area contributed by atoms with Crippen LogP contribution in [0, 0.1) is 0 Å². The lowest BCUT2D eigenvalue weighted by molar-refractivity contribution is -0.100. The maximum absolute atomic E-state index is 5.83. The highest BCUT2D eigenvalue weighted by Crippen LogP contribution is 2.39. The van der Waals surface area contributed by atoms with Crippen LogP contribution in [0.4, 0.5) is 0 Å². The van der Waals surface area contributed by atoms with Crippen molar-refractivity contribution in [2.24, 2.45) is 0 Å². The number of hydrogen-bond donors (Lipinski definition) is 1. The lowest BCUT2D eigenvalue weighted by Gasteiger charge is -2.47. The van der Waals surface area contributed by atoms with E-state index in [-0.39, 0.29) is 5.60 Å². The maximum atomic E-state index is 5.83. The van der Waals surface area contributed by atoms with E-state index in [0.29, 0.717) is 6.04 Å². The first kappa shape index (κ1) is 15.7. The van der Waals surface area contributed by atoms with E-state index < -0.39 is 0 Å². The van der Waals surface area contributed by atoms with Gasteiger partial charge in [-0.05, 0) is 51.5 Å². The number of rotatable bonds is 11. The molecule has 0 amide bonds. The van der Waals surface area contributed by atoms with Crippen LogP contribution in [0.3, 0.4) is 0 Å². The van der Waals surface area contributed by atoms with Crippen LogP contribution in [0.25, 0.3) is 0 Å². The third kappa shape index (κ3) is 4.40. The van der Waals surface area contributed by atoms with Crippen LogP contribution in [0.5, 0.6) is 0 Å². The zero-order valence-corrected chi connectivity index (χ0v) is 12.3. The van der Waals surface area contributed by atoms with Gasteiger partial charge in [-0.15, -0.1) is 6.58 Å². The first-order valence-corrected chi connectivity index (χ1v) is 7.68. The molecule has 1 aliphatic carbocycles. The SMILES string of the molecule is C=CCCCCCC(NCCC)C1(OC)CCC1. The minimum atomic E-state index is 0.146. The van der Waals surface area contributed by atoms with Crippen LogP contribution in [-0.4, -0.2) is 25.3 Å². The van der Waals surface area contributed by atoms with Gasteiger partial charge < -0.3 is 10.1 Å². The summed E-state index contributed by atoms with van der Waals surface area (Å²) in [4.78, 5) is 0. The second-order valence-electron chi connectivity index (χ2n) is 5.56. The second-order valence-corrected chi connectivity index (χ2v) is 5.56. The monoisotopic (exact) mass is 253 g/mol. The largest absolute Gasteiger partial charge is 0.377 e. The Labute approximate surface area is 113 Å². The van der Waals surface area contributed by atoms with Crippen molar-refractivity contribution in [2.45, 2.75) is 76.4 Å². The van der Waals surface area contributed by atoms with Crippen LogP contribution < -0.4 is 5.32 Å². The number of methoxy groups -OCH3 is 1. The third-order valence-electron chi connectivity index (χ3n) is 4.28. The maximum Gasteiger partial charge on any atom is 0.0831 e. The number of allylic oxidation sites excluding steroid dienone is 1.